The molecule has 0 radical (unpaired) electrons. The minimum Gasteiger partial charge on any atom is -0.475 e. The van der Waals surface area contributed by atoms with Crippen molar-refractivity contribution in [3.8, 4) is 0 Å². The predicted molar refractivity (Wildman–Crippen MR) is 70.0 cm³/mol. The van der Waals surface area contributed by atoms with E-state index in [0.717, 1.165) is 17.5 Å². The molecule has 0 saturated carbocycles. The van der Waals surface area contributed by atoms with Gasteiger partial charge in [-0.05, 0) is 12.8 Å². The molecule has 0 unspecified atom stereocenters. The minimum absolute atomic E-state index is 0.0360. The summed E-state index contributed by atoms with van der Waals surface area (Å²) in [5, 5.41) is 22.2. The number of hydrogen-bond donors (Lipinski definition) is 2. The number of nitrogens with one attached hydrogen (secondary N) is 1. The Morgan fingerprint density at radius 2 is 1.95 bits per heavy atom. The summed E-state index contributed by atoms with van der Waals surface area (Å²) in [4.78, 5) is 26.7. The SMILES string of the molecule is CCc1nnc(NC(=O)c2cc(C(=O)O)on2)nc1CC. The second kappa shape index (κ2) is 6.07. The van der Waals surface area contributed by atoms with Gasteiger partial charge in [0, 0.05) is 6.07 Å². The normalized spacial score (nSPS) is 10.4. The molecule has 0 fully saturated rings. The summed E-state index contributed by atoms with van der Waals surface area (Å²) < 4.78 is 4.50. The lowest BCUT2D eigenvalue weighted by Gasteiger charge is -2.05. The van der Waals surface area contributed by atoms with Crippen LogP contribution in [0.4, 0.5) is 5.95 Å². The van der Waals surface area contributed by atoms with E-state index in [1.165, 1.54) is 0 Å². The fourth-order valence-corrected chi connectivity index (χ4v) is 1.64. The van der Waals surface area contributed by atoms with Gasteiger partial charge in [0.05, 0.1) is 11.4 Å². The molecule has 2 rings (SSSR count). The molecule has 2 aromatic heterocycles. The Balaban J connectivity index is 2.17. The number of rotatable bonds is 5. The molecule has 21 heavy (non-hydrogen) atoms. The van der Waals surface area contributed by atoms with Crippen molar-refractivity contribution in [1.82, 2.24) is 20.3 Å². The highest BCUT2D eigenvalue weighted by Gasteiger charge is 2.18. The largest absolute Gasteiger partial charge is 0.475 e. The second-order valence-corrected chi connectivity index (χ2v) is 4.07. The first-order valence-electron chi connectivity index (χ1n) is 6.29. The van der Waals surface area contributed by atoms with Crippen LogP contribution in [-0.2, 0) is 12.8 Å². The number of amides is 1. The van der Waals surface area contributed by atoms with E-state index in [1.807, 2.05) is 13.8 Å². The van der Waals surface area contributed by atoms with E-state index in [-0.39, 0.29) is 11.6 Å². The Morgan fingerprint density at radius 1 is 1.24 bits per heavy atom. The van der Waals surface area contributed by atoms with Crippen molar-refractivity contribution in [2.75, 3.05) is 5.32 Å². The molecule has 9 heteroatoms. The number of aryl methyl sites for hydroxylation is 2. The van der Waals surface area contributed by atoms with Gasteiger partial charge in [-0.2, -0.15) is 0 Å². The lowest BCUT2D eigenvalue weighted by molar-refractivity contribution is 0.0651. The maximum atomic E-state index is 11.9. The fourth-order valence-electron chi connectivity index (χ4n) is 1.64. The summed E-state index contributed by atoms with van der Waals surface area (Å²) in [6.07, 6.45) is 1.36. The molecule has 2 heterocycles. The first-order chi connectivity index (χ1) is 10.0. The van der Waals surface area contributed by atoms with E-state index in [1.54, 1.807) is 0 Å². The van der Waals surface area contributed by atoms with Crippen molar-refractivity contribution >= 4 is 17.8 Å². The molecule has 2 aromatic rings. The van der Waals surface area contributed by atoms with Crippen LogP contribution in [0, 0.1) is 0 Å². The quantitative estimate of drug-likeness (QED) is 0.831. The molecule has 0 aliphatic heterocycles. The third-order valence-corrected chi connectivity index (χ3v) is 2.69. The monoisotopic (exact) mass is 291 g/mol. The van der Waals surface area contributed by atoms with Crippen molar-refractivity contribution in [3.63, 3.8) is 0 Å². The topological polar surface area (TPSA) is 131 Å². The number of aromatic carboxylic acids is 1. The average Bonchev–Trinajstić information content (AvgIpc) is 2.97. The van der Waals surface area contributed by atoms with Gasteiger partial charge in [0.25, 0.3) is 5.91 Å². The van der Waals surface area contributed by atoms with E-state index >= 15 is 0 Å². The first kappa shape index (κ1) is 14.6. The minimum atomic E-state index is -1.31. The average molecular weight is 291 g/mol. The molecule has 0 aliphatic carbocycles. The molecule has 1 amide bonds. The van der Waals surface area contributed by atoms with Crippen LogP contribution >= 0.6 is 0 Å². The molecule has 0 bridgehead atoms. The number of carboxylic acid groups (broad SMARTS) is 1. The summed E-state index contributed by atoms with van der Waals surface area (Å²) >= 11 is 0. The van der Waals surface area contributed by atoms with Crippen LogP contribution in [0.3, 0.4) is 0 Å². The number of aromatic nitrogens is 4. The maximum absolute atomic E-state index is 11.9. The van der Waals surface area contributed by atoms with Crippen molar-refractivity contribution in [3.05, 3.63) is 28.9 Å². The zero-order chi connectivity index (χ0) is 15.4. The van der Waals surface area contributed by atoms with Crippen molar-refractivity contribution < 1.29 is 19.2 Å². The van der Waals surface area contributed by atoms with Crippen LogP contribution in [0.25, 0.3) is 0 Å². The van der Waals surface area contributed by atoms with Gasteiger partial charge in [0.1, 0.15) is 0 Å². The zero-order valence-corrected chi connectivity index (χ0v) is 11.5. The first-order valence-corrected chi connectivity index (χ1v) is 6.29. The number of nitrogens with zero attached hydrogens (tertiary/aromatic N) is 4. The summed E-state index contributed by atoms with van der Waals surface area (Å²) in [7, 11) is 0. The van der Waals surface area contributed by atoms with Gasteiger partial charge in [0.2, 0.25) is 11.7 Å². The van der Waals surface area contributed by atoms with Crippen LogP contribution in [0.5, 0.6) is 0 Å². The van der Waals surface area contributed by atoms with Gasteiger partial charge < -0.3 is 9.63 Å². The van der Waals surface area contributed by atoms with Crippen molar-refractivity contribution in [1.29, 1.82) is 0 Å². The van der Waals surface area contributed by atoms with E-state index in [4.69, 9.17) is 5.11 Å². The molecular formula is C12H13N5O4. The Kier molecular flexibility index (Phi) is 4.21. The molecule has 110 valence electrons. The van der Waals surface area contributed by atoms with Crippen LogP contribution < -0.4 is 5.32 Å². The van der Waals surface area contributed by atoms with Gasteiger partial charge in [-0.15, -0.1) is 10.2 Å². The van der Waals surface area contributed by atoms with Crippen LogP contribution in [0.2, 0.25) is 0 Å². The molecule has 9 nitrogen and oxygen atoms in total. The Hall–Kier alpha value is -2.84. The fraction of sp³-hybridized carbons (Fsp3) is 0.333. The van der Waals surface area contributed by atoms with Crippen LogP contribution in [-0.4, -0.2) is 37.3 Å². The predicted octanol–water partition coefficient (Wildman–Crippen LogP) is 0.935. The molecule has 2 N–H and O–H groups in total. The zero-order valence-electron chi connectivity index (χ0n) is 11.5. The standard InChI is InChI=1S/C12H13N5O4/c1-3-6-7(4-2)15-16-12(13-6)14-10(18)8-5-9(11(19)20)21-17-8/h5H,3-4H2,1-2H3,(H,19,20)(H,13,14,16,18). The van der Waals surface area contributed by atoms with Gasteiger partial charge in [-0.3, -0.25) is 10.1 Å². The summed E-state index contributed by atoms with van der Waals surface area (Å²) in [6.45, 7) is 3.86. The maximum Gasteiger partial charge on any atom is 0.374 e. The highest BCUT2D eigenvalue weighted by atomic mass is 16.5. The molecule has 0 aliphatic rings. The van der Waals surface area contributed by atoms with E-state index in [2.05, 4.69) is 30.2 Å². The van der Waals surface area contributed by atoms with Gasteiger partial charge in [0.15, 0.2) is 5.69 Å². The van der Waals surface area contributed by atoms with Crippen molar-refractivity contribution in [2.45, 2.75) is 26.7 Å². The van der Waals surface area contributed by atoms with E-state index < -0.39 is 17.6 Å². The van der Waals surface area contributed by atoms with Crippen LogP contribution in [0.15, 0.2) is 10.6 Å². The summed E-state index contributed by atoms with van der Waals surface area (Å²) in [5.41, 5.74) is 1.34. The number of hydrogen-bond acceptors (Lipinski definition) is 7. The summed E-state index contributed by atoms with van der Waals surface area (Å²) in [5.74, 6) is -2.36. The molecule has 0 atom stereocenters. The third kappa shape index (κ3) is 3.19. The smallest absolute Gasteiger partial charge is 0.374 e. The Morgan fingerprint density at radius 3 is 2.52 bits per heavy atom. The Labute approximate surface area is 119 Å². The number of anilines is 1. The van der Waals surface area contributed by atoms with E-state index in [9.17, 15) is 9.59 Å². The lowest BCUT2D eigenvalue weighted by Crippen LogP contribution is -2.16. The summed E-state index contributed by atoms with van der Waals surface area (Å²) in [6, 6.07) is 1.02. The second-order valence-electron chi connectivity index (χ2n) is 4.07. The lowest BCUT2D eigenvalue weighted by atomic mass is 10.2. The Bertz CT molecular complexity index is 682. The van der Waals surface area contributed by atoms with Crippen LogP contribution in [0.1, 0.15) is 46.3 Å². The van der Waals surface area contributed by atoms with E-state index in [0.29, 0.717) is 12.8 Å². The molecule has 0 saturated heterocycles. The highest BCUT2D eigenvalue weighted by molar-refractivity contribution is 6.02. The molecule has 0 spiro atoms. The molecular weight excluding hydrogens is 278 g/mol. The number of carboxylic acids is 1. The molecule has 0 aromatic carbocycles. The van der Waals surface area contributed by atoms with Gasteiger partial charge in [-0.25, -0.2) is 9.78 Å². The van der Waals surface area contributed by atoms with Gasteiger partial charge >= 0.3 is 5.97 Å². The number of carbonyl (C=O) groups excluding carboxylic acids is 1. The number of carbonyl (C=O) groups is 2. The van der Waals surface area contributed by atoms with Crippen molar-refractivity contribution in [2.24, 2.45) is 0 Å². The van der Waals surface area contributed by atoms with Gasteiger partial charge in [-0.1, -0.05) is 19.0 Å². The third-order valence-electron chi connectivity index (χ3n) is 2.69. The highest BCUT2D eigenvalue weighted by Crippen LogP contribution is 2.09.